The van der Waals surface area contributed by atoms with Gasteiger partial charge in [-0.3, -0.25) is 24.4 Å². The molecule has 0 aromatic rings. The molecule has 12 heteroatoms. The van der Waals surface area contributed by atoms with Crippen LogP contribution >= 0.6 is 0 Å². The Kier molecular flexibility index (Phi) is 36.7. The van der Waals surface area contributed by atoms with Crippen molar-refractivity contribution in [1.29, 1.82) is 0 Å². The van der Waals surface area contributed by atoms with Crippen molar-refractivity contribution in [2.45, 2.75) is 46.2 Å². The van der Waals surface area contributed by atoms with Gasteiger partial charge in [-0.15, -0.1) is 0 Å². The minimum absolute atomic E-state index is 0. The van der Waals surface area contributed by atoms with Gasteiger partial charge in [-0.25, -0.2) is 4.79 Å². The molecule has 0 bridgehead atoms. The van der Waals surface area contributed by atoms with E-state index < -0.39 is 17.9 Å². The molecule has 0 saturated carbocycles. The fourth-order valence-corrected chi connectivity index (χ4v) is 4.82. The number of hydrogen-bond acceptors (Lipinski definition) is 9. The molecule has 0 radical (unpaired) electrons. The minimum atomic E-state index is -0.981. The summed E-state index contributed by atoms with van der Waals surface area (Å²) in [6.07, 6.45) is 1.64. The highest BCUT2D eigenvalue weighted by Gasteiger charge is 2.30. The third-order valence-electron chi connectivity index (χ3n) is 7.62. The van der Waals surface area contributed by atoms with Crippen LogP contribution in [0.2, 0.25) is 0 Å². The second-order valence-electron chi connectivity index (χ2n) is 12.4. The molecule has 1 atom stereocenters. The van der Waals surface area contributed by atoms with Crippen molar-refractivity contribution in [3.63, 3.8) is 0 Å². The van der Waals surface area contributed by atoms with Gasteiger partial charge in [0.1, 0.15) is 6.17 Å². The van der Waals surface area contributed by atoms with Crippen LogP contribution in [-0.4, -0.2) is 137 Å². The normalized spacial score (nSPS) is 11.2. The summed E-state index contributed by atoms with van der Waals surface area (Å²) in [6, 6.07) is 0. The molecule has 0 aromatic heterocycles. The van der Waals surface area contributed by atoms with Gasteiger partial charge in [0.2, 0.25) is 0 Å². The van der Waals surface area contributed by atoms with Gasteiger partial charge in [-0.1, -0.05) is 31.3 Å². The van der Waals surface area contributed by atoms with Crippen molar-refractivity contribution in [3.8, 4) is 189 Å². The SMILES string of the molecule is C=CC(=O)O.CC#CC#CC#CC#CC#CC#CC#CC#CC1=NCCN1CCN.CC#CC#CC#CC#CC#CC#CC#CC#CC1N(CCC)CCN1CCN(CCC(=O)O)CCC(=O)O.[H+].[HH].[HH].[HH].[HH].[HH].[HH].[HH].[HH].[HH].[HH].[HH].[HH].[HH].[HH].[HH].[HH].[HH].[HH].[HH].[HH].[HH].[HH].[HH].[HH].[HH].[HH].[HH].[HH].[HH]. The van der Waals surface area contributed by atoms with E-state index in [-0.39, 0.29) is 61.8 Å². The summed E-state index contributed by atoms with van der Waals surface area (Å²) < 4.78 is 0. The number of carboxylic acids is 3. The lowest BCUT2D eigenvalue weighted by Crippen LogP contribution is -2.42. The molecule has 12 nitrogen and oxygen atoms in total. The first-order valence-electron chi connectivity index (χ1n) is 20.5. The largest absolute Gasteiger partial charge is 1.00 e. The molecule has 0 amide bonds. The fraction of sp³-hybridized carbons (Fsp3) is 0.321. The first-order chi connectivity index (χ1) is 33.1. The Hall–Kier alpha value is -9.58. The summed E-state index contributed by atoms with van der Waals surface area (Å²) in [4.78, 5) is 43.9. The van der Waals surface area contributed by atoms with Crippen molar-refractivity contribution >= 4 is 23.7 Å². The quantitative estimate of drug-likeness (QED) is 0.0991. The van der Waals surface area contributed by atoms with Crippen molar-refractivity contribution in [2.75, 3.05) is 72.0 Å². The van der Waals surface area contributed by atoms with E-state index >= 15 is 0 Å². The lowest BCUT2D eigenvalue weighted by molar-refractivity contribution is -0.137. The Morgan fingerprint density at radius 2 is 1.01 bits per heavy atom. The third-order valence-corrected chi connectivity index (χ3v) is 7.62. The zero-order chi connectivity index (χ0) is 50.1. The Balaban J connectivity index is -0.0000000235. The Morgan fingerprint density at radius 3 is 1.38 bits per heavy atom. The molecular formula is C56H105N6O6+. The van der Waals surface area contributed by atoms with Crippen LogP contribution < -0.4 is 5.73 Å². The molecule has 1 fully saturated rings. The molecule has 2 aliphatic heterocycles. The molecule has 2 rings (SSSR count). The molecule has 2 aliphatic rings. The third kappa shape index (κ3) is 34.9. The number of amidine groups is 1. The topological polar surface area (TPSA) is 163 Å². The second-order valence-corrected chi connectivity index (χ2v) is 12.4. The van der Waals surface area contributed by atoms with Gasteiger partial charge in [0.25, 0.3) is 0 Å². The number of carbonyl (C=O) groups is 3. The first-order valence-corrected chi connectivity index (χ1v) is 20.5. The molecule has 2 heterocycles. The Labute approximate surface area is 447 Å². The van der Waals surface area contributed by atoms with Gasteiger partial charge in [-0.2, -0.15) is 0 Å². The summed E-state index contributed by atoms with van der Waals surface area (Å²) in [5.41, 5.74) is 5.52. The Morgan fingerprint density at radius 1 is 0.632 bits per heavy atom. The summed E-state index contributed by atoms with van der Waals surface area (Å²) >= 11 is 0. The lowest BCUT2D eigenvalue weighted by Gasteiger charge is -2.28. The molecule has 68 heavy (non-hydrogen) atoms. The minimum Gasteiger partial charge on any atom is -0.481 e. The van der Waals surface area contributed by atoms with Crippen LogP contribution in [-0.2, 0) is 14.4 Å². The molecule has 1 saturated heterocycles. The number of nitrogens with zero attached hydrogens (tertiary/aromatic N) is 5. The van der Waals surface area contributed by atoms with E-state index in [1.54, 1.807) is 13.8 Å². The summed E-state index contributed by atoms with van der Waals surface area (Å²) in [6.45, 7) is 15.8. The van der Waals surface area contributed by atoms with Gasteiger partial charge in [0, 0.05) is 113 Å². The highest BCUT2D eigenvalue weighted by Crippen LogP contribution is 2.14. The average molecular weight is 958 g/mol. The van der Waals surface area contributed by atoms with Gasteiger partial charge in [0.05, 0.1) is 19.4 Å². The zero-order valence-corrected chi connectivity index (χ0v) is 38.1. The summed E-state index contributed by atoms with van der Waals surface area (Å²) in [5, 5.41) is 25.6. The number of aliphatic carboxylic acids is 3. The van der Waals surface area contributed by atoms with E-state index in [4.69, 9.17) is 21.1 Å². The summed E-state index contributed by atoms with van der Waals surface area (Å²) in [7, 11) is 0. The predicted molar refractivity (Wildman–Crippen MR) is 327 cm³/mol. The molecule has 5 N–H and O–H groups in total. The first kappa shape index (κ1) is 58.4. The summed E-state index contributed by atoms with van der Waals surface area (Å²) in [5.74, 6) is 81.6. The van der Waals surface area contributed by atoms with Gasteiger partial charge < -0.3 is 30.9 Å². The van der Waals surface area contributed by atoms with Gasteiger partial charge >= 0.3 is 19.3 Å². The Bertz CT molecular complexity index is 2970. The highest BCUT2D eigenvalue weighted by atomic mass is 16.4. The molecule has 0 aliphatic carbocycles. The monoisotopic (exact) mass is 958 g/mol. The number of hydrogen-bond donors (Lipinski definition) is 4. The van der Waals surface area contributed by atoms with E-state index in [2.05, 4.69) is 218 Å². The van der Waals surface area contributed by atoms with Crippen LogP contribution in [0.15, 0.2) is 17.6 Å². The fourth-order valence-electron chi connectivity index (χ4n) is 4.82. The van der Waals surface area contributed by atoms with E-state index in [1.165, 1.54) is 0 Å². The van der Waals surface area contributed by atoms with Crippen molar-refractivity contribution in [1.82, 2.24) is 19.6 Å². The molecule has 394 valence electrons. The second kappa shape index (κ2) is 42.7. The standard InChI is InChI=1S/C31H29N3O4.C22H13N3.C3H4O2.29H2/c1-3-5-6-7-8-9-10-11-12-13-14-15-16-17-18-19-29-33(22-4-2)27-28-34(29)26-25-32(23-20-30(35)36)24-21-31(37)38;1-2-3-4-5-6-7-8-9-10-11-12-13-14-15-16-17-22-24-19-21-25(22)20-18-23;1-2-3(4)5;;;;;;;;;;;;;;;;;;;;;;;;;;;;;/h29H,4,20-28H2,1-2H3,(H,35,36)(H,37,38);18-21,23H2,1H3;2H,1H2,(H,4,5);29*1H/p+1. The zero-order valence-electron chi connectivity index (χ0n) is 39.1. The molecule has 1 unspecified atom stereocenters. The number of carboxylic acid groups (broad SMARTS) is 3. The molecular weight excluding hydrogens is 853 g/mol. The maximum absolute atomic E-state index is 11.0. The van der Waals surface area contributed by atoms with Crippen LogP contribution in [0.1, 0.15) is 82.8 Å². The van der Waals surface area contributed by atoms with E-state index in [1.807, 2.05) is 9.80 Å². The highest BCUT2D eigenvalue weighted by molar-refractivity contribution is 6.00. The number of rotatable bonds is 14. The lowest BCUT2D eigenvalue weighted by atomic mass is 10.3. The maximum atomic E-state index is 11.0. The number of aliphatic imine (C=N–C) groups is 1. The van der Waals surface area contributed by atoms with Crippen LogP contribution in [0.25, 0.3) is 0 Å². The van der Waals surface area contributed by atoms with Crippen molar-refractivity contribution in [2.24, 2.45) is 10.7 Å². The predicted octanol–water partition coefficient (Wildman–Crippen LogP) is 7.85. The molecule has 0 spiro atoms. The number of nitrogens with two attached hydrogens (primary N) is 1. The van der Waals surface area contributed by atoms with Crippen LogP contribution in [0, 0.1) is 189 Å². The smallest absolute Gasteiger partial charge is 0.481 e. The average Bonchev–Trinajstić information content (AvgIpc) is 3.94. The van der Waals surface area contributed by atoms with E-state index in [0.29, 0.717) is 32.7 Å². The van der Waals surface area contributed by atoms with E-state index in [9.17, 15) is 14.4 Å². The van der Waals surface area contributed by atoms with Crippen molar-refractivity contribution < 1.29 is 72.5 Å². The maximum Gasteiger partial charge on any atom is 1.00 e. The van der Waals surface area contributed by atoms with Crippen LogP contribution in [0.5, 0.6) is 0 Å². The van der Waals surface area contributed by atoms with E-state index in [0.717, 1.165) is 57.6 Å². The van der Waals surface area contributed by atoms with Crippen LogP contribution in [0.3, 0.4) is 0 Å². The van der Waals surface area contributed by atoms with Crippen LogP contribution in [0.4, 0.5) is 0 Å². The van der Waals surface area contributed by atoms with Crippen molar-refractivity contribution in [3.05, 3.63) is 12.7 Å². The van der Waals surface area contributed by atoms with Gasteiger partial charge in [0.15, 0.2) is 5.84 Å². The molecule has 0 aromatic carbocycles. The van der Waals surface area contributed by atoms with Gasteiger partial charge in [-0.05, 0) is 192 Å².